The Balaban J connectivity index is 1.49. The lowest BCUT2D eigenvalue weighted by atomic mass is 9.92. The Morgan fingerprint density at radius 3 is 2.90 bits per heavy atom. The molecule has 1 saturated carbocycles. The smallest absolute Gasteiger partial charge is 0.232 e. The van der Waals surface area contributed by atoms with Crippen LogP contribution in [0.5, 0.6) is 5.88 Å². The highest BCUT2D eigenvalue weighted by Gasteiger charge is 2.37. The Hall–Kier alpha value is -3.54. The molecule has 9 nitrogen and oxygen atoms in total. The topological polar surface area (TPSA) is 140 Å². The molecule has 3 aromatic heterocycles. The molecule has 0 amide bonds. The molecule has 3 N–H and O–H groups in total. The summed E-state index contributed by atoms with van der Waals surface area (Å²) in [4.78, 5) is 15.4. The monoisotopic (exact) mass is 390 g/mol. The maximum atomic E-state index is 8.86. The summed E-state index contributed by atoms with van der Waals surface area (Å²) in [6.45, 7) is 2.64. The third kappa shape index (κ3) is 3.61. The van der Waals surface area contributed by atoms with Gasteiger partial charge in [0.15, 0.2) is 11.3 Å². The van der Waals surface area contributed by atoms with Crippen LogP contribution in [0.4, 0.5) is 0 Å². The van der Waals surface area contributed by atoms with Gasteiger partial charge >= 0.3 is 0 Å². The summed E-state index contributed by atoms with van der Waals surface area (Å²) in [5.74, 6) is 1.55. The van der Waals surface area contributed by atoms with Gasteiger partial charge in [-0.3, -0.25) is 15.4 Å². The largest absolute Gasteiger partial charge is 0.476 e. The number of fused-ring (bicyclic) bond motifs is 1. The van der Waals surface area contributed by atoms with Gasteiger partial charge in [0.25, 0.3) is 0 Å². The maximum absolute atomic E-state index is 8.86. The summed E-state index contributed by atoms with van der Waals surface area (Å²) in [5, 5.41) is 25.9. The second-order valence-electron chi connectivity index (χ2n) is 7.35. The minimum atomic E-state index is 0.0512. The summed E-state index contributed by atoms with van der Waals surface area (Å²) in [6.07, 6.45) is 8.87. The van der Waals surface area contributed by atoms with Crippen molar-refractivity contribution in [2.45, 2.75) is 26.2 Å². The second kappa shape index (κ2) is 7.83. The Morgan fingerprint density at radius 2 is 2.17 bits per heavy atom. The number of rotatable bonds is 5. The lowest BCUT2D eigenvalue weighted by Crippen LogP contribution is -2.33. The van der Waals surface area contributed by atoms with E-state index in [0.717, 1.165) is 24.8 Å². The first-order valence-electron chi connectivity index (χ1n) is 9.64. The highest BCUT2D eigenvalue weighted by Crippen LogP contribution is 2.39. The van der Waals surface area contributed by atoms with E-state index in [1.165, 1.54) is 18.6 Å². The fourth-order valence-electron chi connectivity index (χ4n) is 4.19. The van der Waals surface area contributed by atoms with Gasteiger partial charge in [0, 0.05) is 12.1 Å². The van der Waals surface area contributed by atoms with Gasteiger partial charge in [0.2, 0.25) is 5.88 Å². The molecule has 148 valence electrons. The van der Waals surface area contributed by atoms with Crippen molar-refractivity contribution >= 4 is 17.0 Å². The molecular weight excluding hydrogens is 368 g/mol. The van der Waals surface area contributed by atoms with Crippen LogP contribution in [0.2, 0.25) is 0 Å². The highest BCUT2D eigenvalue weighted by molar-refractivity contribution is 5.91. The fourth-order valence-corrected chi connectivity index (χ4v) is 4.19. The van der Waals surface area contributed by atoms with E-state index in [1.54, 1.807) is 10.8 Å². The first-order chi connectivity index (χ1) is 14.1. The summed E-state index contributed by atoms with van der Waals surface area (Å²) >= 11 is 0. The first-order valence-corrected chi connectivity index (χ1v) is 9.64. The van der Waals surface area contributed by atoms with E-state index in [-0.39, 0.29) is 17.1 Å². The summed E-state index contributed by atoms with van der Waals surface area (Å²) in [5.41, 5.74) is 1.90. The number of nitrogens with one attached hydrogen (secondary N) is 3. The Kier molecular flexibility index (Phi) is 5.08. The standard InChI is InChI=1S/C20H22N8O/c1-2-13-5-12(11-29-18-10-25-14(7-21)8-26-18)6-15(13)19(23)28-16-3-4-24-20(16)27-9-17(28)22/h3-4,8-10,12-13,15,22-24H,2,5-6,11H2,1H3/t12-,13+,15-/m0/s1. The van der Waals surface area contributed by atoms with E-state index in [0.29, 0.717) is 35.8 Å². The van der Waals surface area contributed by atoms with Crippen molar-refractivity contribution < 1.29 is 4.74 Å². The van der Waals surface area contributed by atoms with Crippen LogP contribution in [0.15, 0.2) is 30.9 Å². The van der Waals surface area contributed by atoms with Crippen molar-refractivity contribution in [2.24, 2.45) is 17.8 Å². The lowest BCUT2D eigenvalue weighted by Gasteiger charge is -2.21. The van der Waals surface area contributed by atoms with Gasteiger partial charge < -0.3 is 9.72 Å². The van der Waals surface area contributed by atoms with Crippen LogP contribution >= 0.6 is 0 Å². The molecule has 3 aromatic rings. The van der Waals surface area contributed by atoms with E-state index in [9.17, 15) is 0 Å². The van der Waals surface area contributed by atoms with E-state index in [4.69, 9.17) is 20.8 Å². The van der Waals surface area contributed by atoms with Gasteiger partial charge in [-0.2, -0.15) is 5.26 Å². The van der Waals surface area contributed by atoms with Gasteiger partial charge in [0.1, 0.15) is 17.4 Å². The molecule has 0 radical (unpaired) electrons. The molecule has 3 heterocycles. The van der Waals surface area contributed by atoms with Crippen molar-refractivity contribution in [2.75, 3.05) is 6.61 Å². The Labute approximate surface area is 167 Å². The van der Waals surface area contributed by atoms with E-state index >= 15 is 0 Å². The van der Waals surface area contributed by atoms with Gasteiger partial charge in [-0.05, 0) is 30.7 Å². The molecule has 4 rings (SSSR count). The molecule has 0 aromatic carbocycles. The molecule has 29 heavy (non-hydrogen) atoms. The molecule has 0 saturated heterocycles. The number of aromatic nitrogens is 5. The zero-order valence-corrected chi connectivity index (χ0v) is 16.1. The quantitative estimate of drug-likeness (QED) is 0.453. The zero-order chi connectivity index (χ0) is 20.4. The second-order valence-corrected chi connectivity index (χ2v) is 7.35. The molecule has 0 bridgehead atoms. The molecular formula is C20H22N8O. The Bertz CT molecular complexity index is 1120. The minimum Gasteiger partial charge on any atom is -0.476 e. The van der Waals surface area contributed by atoms with Crippen molar-refractivity contribution in [3.05, 3.63) is 42.0 Å². The molecule has 0 unspecified atom stereocenters. The third-order valence-electron chi connectivity index (χ3n) is 5.62. The predicted octanol–water partition coefficient (Wildman–Crippen LogP) is 2.46. The van der Waals surface area contributed by atoms with Crippen LogP contribution in [0, 0.1) is 39.9 Å². The van der Waals surface area contributed by atoms with Gasteiger partial charge in [-0.15, -0.1) is 0 Å². The van der Waals surface area contributed by atoms with E-state index < -0.39 is 0 Å². The number of hydrogen-bond acceptors (Lipinski definition) is 7. The van der Waals surface area contributed by atoms with Gasteiger partial charge in [-0.25, -0.2) is 15.0 Å². The third-order valence-corrected chi connectivity index (χ3v) is 5.62. The van der Waals surface area contributed by atoms with Crippen molar-refractivity contribution in [1.29, 1.82) is 16.1 Å². The number of nitriles is 1. The number of aromatic amines is 1. The summed E-state index contributed by atoms with van der Waals surface area (Å²) < 4.78 is 7.47. The fraction of sp³-hybridized carbons (Fsp3) is 0.400. The SMILES string of the molecule is CC[C@@H]1C[C@H](COc2cnc(C#N)cn2)C[C@@H]1C(=N)n1c(=N)cnc2[nH]ccc21. The van der Waals surface area contributed by atoms with Crippen LogP contribution in [0.25, 0.3) is 11.2 Å². The molecule has 3 atom stereocenters. The van der Waals surface area contributed by atoms with Crippen LogP contribution in [-0.4, -0.2) is 36.9 Å². The molecule has 1 fully saturated rings. The highest BCUT2D eigenvalue weighted by atomic mass is 16.5. The Morgan fingerprint density at radius 1 is 1.31 bits per heavy atom. The average molecular weight is 390 g/mol. The molecule has 1 aliphatic carbocycles. The normalized spacial score (nSPS) is 21.2. The van der Waals surface area contributed by atoms with Crippen molar-refractivity contribution in [3.63, 3.8) is 0 Å². The summed E-state index contributed by atoms with van der Waals surface area (Å²) in [7, 11) is 0. The van der Waals surface area contributed by atoms with Crippen LogP contribution in [-0.2, 0) is 0 Å². The maximum Gasteiger partial charge on any atom is 0.232 e. The van der Waals surface area contributed by atoms with Crippen molar-refractivity contribution in [3.8, 4) is 11.9 Å². The average Bonchev–Trinajstić information content (AvgIpc) is 3.38. The van der Waals surface area contributed by atoms with Gasteiger partial charge in [-0.1, -0.05) is 13.3 Å². The molecule has 9 heteroatoms. The molecule has 1 aliphatic rings. The minimum absolute atomic E-state index is 0.0512. The van der Waals surface area contributed by atoms with Crippen LogP contribution in [0.3, 0.4) is 0 Å². The van der Waals surface area contributed by atoms with Crippen molar-refractivity contribution in [1.82, 2.24) is 24.5 Å². The molecule has 0 spiro atoms. The number of nitrogens with zero attached hydrogens (tertiary/aromatic N) is 5. The number of H-pyrrole nitrogens is 1. The van der Waals surface area contributed by atoms with E-state index in [2.05, 4.69) is 26.9 Å². The summed E-state index contributed by atoms with van der Waals surface area (Å²) in [6, 6.07) is 3.79. The van der Waals surface area contributed by atoms with Crippen LogP contribution < -0.4 is 10.2 Å². The predicted molar refractivity (Wildman–Crippen MR) is 105 cm³/mol. The van der Waals surface area contributed by atoms with Gasteiger partial charge in [0.05, 0.1) is 30.7 Å². The molecule has 0 aliphatic heterocycles. The number of hydrogen-bond donors (Lipinski definition) is 3. The first kappa shape index (κ1) is 18.8. The van der Waals surface area contributed by atoms with Crippen LogP contribution in [0.1, 0.15) is 31.9 Å². The zero-order valence-electron chi connectivity index (χ0n) is 16.1. The lowest BCUT2D eigenvalue weighted by molar-refractivity contribution is 0.238. The van der Waals surface area contributed by atoms with E-state index in [1.807, 2.05) is 12.1 Å². The number of ether oxygens (including phenoxy) is 1.